The number of benzene rings is 2. The van der Waals surface area contributed by atoms with Crippen LogP contribution in [0.1, 0.15) is 24.5 Å². The van der Waals surface area contributed by atoms with E-state index in [1.807, 2.05) is 37.4 Å². The molecule has 0 spiro atoms. The molecule has 5 heteroatoms. The molecule has 0 atom stereocenters. The van der Waals surface area contributed by atoms with Crippen molar-refractivity contribution in [2.45, 2.75) is 13.3 Å². The lowest BCUT2D eigenvalue weighted by Gasteiger charge is -2.26. The first-order valence-corrected chi connectivity index (χ1v) is 10.5. The molecule has 0 fully saturated rings. The van der Waals surface area contributed by atoms with Crippen LogP contribution in [0.3, 0.4) is 0 Å². The molecule has 0 radical (unpaired) electrons. The van der Waals surface area contributed by atoms with Gasteiger partial charge in [-0.25, -0.2) is 9.98 Å². The molecule has 0 saturated carbocycles. The zero-order valence-electron chi connectivity index (χ0n) is 17.9. The van der Waals surface area contributed by atoms with E-state index in [0.717, 1.165) is 59.3 Å². The van der Waals surface area contributed by atoms with E-state index >= 15 is 0 Å². The highest BCUT2D eigenvalue weighted by Gasteiger charge is 2.24. The van der Waals surface area contributed by atoms with Gasteiger partial charge in [-0.05, 0) is 64.3 Å². The van der Waals surface area contributed by atoms with Gasteiger partial charge in [0.15, 0.2) is 5.82 Å². The lowest BCUT2D eigenvalue weighted by molar-refractivity contribution is 0.340. The Morgan fingerprint density at radius 2 is 1.87 bits per heavy atom. The molecular weight excluding hydrogens is 372 g/mol. The molecule has 0 aliphatic carbocycles. The Morgan fingerprint density at radius 3 is 2.70 bits per heavy atom. The van der Waals surface area contributed by atoms with Crippen LogP contribution in [-0.4, -0.2) is 49.4 Å². The standard InChI is InChI=1S/C25H28N4O/c1-4-30-20-11-7-10-19(18-20)24-21-12-5-6-14-23(21)29(17-9-16-28(2)3)25-22(27-24)13-8-15-26-25/h5-8,10-15,18H,4,9,16-17H2,1-3H3. The zero-order valence-corrected chi connectivity index (χ0v) is 17.9. The Labute approximate surface area is 178 Å². The fraction of sp³-hybridized carbons (Fsp3) is 0.280. The maximum atomic E-state index is 5.74. The monoisotopic (exact) mass is 400 g/mol. The number of rotatable bonds is 7. The van der Waals surface area contributed by atoms with Crippen molar-refractivity contribution in [3.63, 3.8) is 0 Å². The number of pyridine rings is 1. The quantitative estimate of drug-likeness (QED) is 0.556. The van der Waals surface area contributed by atoms with Gasteiger partial charge in [-0.1, -0.05) is 30.3 Å². The summed E-state index contributed by atoms with van der Waals surface area (Å²) in [5, 5.41) is 0. The third-order valence-corrected chi connectivity index (χ3v) is 5.11. The molecule has 1 aliphatic heterocycles. The van der Waals surface area contributed by atoms with E-state index < -0.39 is 0 Å². The lowest BCUT2D eigenvalue weighted by Crippen LogP contribution is -2.24. The molecule has 0 N–H and O–H groups in total. The average molecular weight is 401 g/mol. The minimum Gasteiger partial charge on any atom is -0.494 e. The summed E-state index contributed by atoms with van der Waals surface area (Å²) in [6.07, 6.45) is 2.88. The second-order valence-electron chi connectivity index (χ2n) is 7.59. The van der Waals surface area contributed by atoms with E-state index in [1.54, 1.807) is 0 Å². The van der Waals surface area contributed by atoms with Crippen LogP contribution < -0.4 is 9.64 Å². The van der Waals surface area contributed by atoms with Gasteiger partial charge < -0.3 is 14.5 Å². The molecule has 0 unspecified atom stereocenters. The zero-order chi connectivity index (χ0) is 20.9. The van der Waals surface area contributed by atoms with Crippen molar-refractivity contribution in [2.24, 2.45) is 4.99 Å². The number of para-hydroxylation sites is 1. The summed E-state index contributed by atoms with van der Waals surface area (Å²) in [5.74, 6) is 1.76. The number of nitrogens with zero attached hydrogens (tertiary/aromatic N) is 4. The molecule has 4 rings (SSSR count). The maximum absolute atomic E-state index is 5.74. The average Bonchev–Trinajstić information content (AvgIpc) is 2.89. The normalized spacial score (nSPS) is 12.8. The minimum absolute atomic E-state index is 0.638. The van der Waals surface area contributed by atoms with Gasteiger partial charge in [-0.2, -0.15) is 0 Å². The van der Waals surface area contributed by atoms with E-state index in [0.29, 0.717) is 6.61 Å². The molecule has 0 amide bonds. The fourth-order valence-corrected chi connectivity index (χ4v) is 3.78. The first-order valence-electron chi connectivity index (χ1n) is 10.5. The summed E-state index contributed by atoms with van der Waals surface area (Å²) >= 11 is 0. The van der Waals surface area contributed by atoms with E-state index in [-0.39, 0.29) is 0 Å². The van der Waals surface area contributed by atoms with Crippen molar-refractivity contribution >= 4 is 22.9 Å². The highest BCUT2D eigenvalue weighted by atomic mass is 16.5. The van der Waals surface area contributed by atoms with E-state index in [2.05, 4.69) is 60.3 Å². The smallest absolute Gasteiger partial charge is 0.159 e. The second-order valence-corrected chi connectivity index (χ2v) is 7.59. The van der Waals surface area contributed by atoms with Crippen molar-refractivity contribution in [1.82, 2.24) is 9.88 Å². The van der Waals surface area contributed by atoms with Crippen LogP contribution in [0.5, 0.6) is 5.75 Å². The number of ether oxygens (including phenoxy) is 1. The van der Waals surface area contributed by atoms with Gasteiger partial charge in [0.25, 0.3) is 0 Å². The summed E-state index contributed by atoms with van der Waals surface area (Å²) in [6.45, 7) is 4.53. The summed E-state index contributed by atoms with van der Waals surface area (Å²) < 4.78 is 5.74. The van der Waals surface area contributed by atoms with Crippen LogP contribution in [0.25, 0.3) is 0 Å². The van der Waals surface area contributed by atoms with Gasteiger partial charge in [0, 0.05) is 23.9 Å². The number of hydrogen-bond donors (Lipinski definition) is 0. The molecule has 0 saturated heterocycles. The molecule has 2 aromatic carbocycles. The van der Waals surface area contributed by atoms with Crippen molar-refractivity contribution < 1.29 is 4.74 Å². The van der Waals surface area contributed by atoms with Crippen molar-refractivity contribution in [3.8, 4) is 5.75 Å². The third-order valence-electron chi connectivity index (χ3n) is 5.11. The Balaban J connectivity index is 1.84. The molecule has 2 heterocycles. The van der Waals surface area contributed by atoms with Gasteiger partial charge in [-0.3, -0.25) is 0 Å². The molecule has 5 nitrogen and oxygen atoms in total. The SMILES string of the molecule is CCOc1cccc(C2=Nc3cccnc3N(CCCN(C)C)c3ccccc32)c1. The molecule has 30 heavy (non-hydrogen) atoms. The highest BCUT2D eigenvalue weighted by molar-refractivity contribution is 6.18. The number of aromatic nitrogens is 1. The van der Waals surface area contributed by atoms with Crippen LogP contribution in [0.4, 0.5) is 17.2 Å². The Kier molecular flexibility index (Phi) is 6.10. The minimum atomic E-state index is 0.638. The molecule has 3 aromatic rings. The largest absolute Gasteiger partial charge is 0.494 e. The van der Waals surface area contributed by atoms with Crippen molar-refractivity contribution in [2.75, 3.05) is 38.7 Å². The highest BCUT2D eigenvalue weighted by Crippen LogP contribution is 2.39. The van der Waals surface area contributed by atoms with Crippen LogP contribution >= 0.6 is 0 Å². The maximum Gasteiger partial charge on any atom is 0.159 e. The summed E-state index contributed by atoms with van der Waals surface area (Å²) in [4.78, 5) is 14.3. The summed E-state index contributed by atoms with van der Waals surface area (Å²) in [7, 11) is 4.21. The topological polar surface area (TPSA) is 41.0 Å². The third kappa shape index (κ3) is 4.21. The molecular formula is C25H28N4O. The van der Waals surface area contributed by atoms with Crippen LogP contribution in [0, 0.1) is 0 Å². The predicted octanol–water partition coefficient (Wildman–Crippen LogP) is 5.05. The van der Waals surface area contributed by atoms with E-state index in [9.17, 15) is 0 Å². The number of aliphatic imine (C=N–C) groups is 1. The predicted molar refractivity (Wildman–Crippen MR) is 124 cm³/mol. The van der Waals surface area contributed by atoms with Crippen LogP contribution in [-0.2, 0) is 0 Å². The Morgan fingerprint density at radius 1 is 1.00 bits per heavy atom. The molecule has 1 aliphatic rings. The Hall–Kier alpha value is -3.18. The first kappa shape index (κ1) is 20.1. The van der Waals surface area contributed by atoms with Gasteiger partial charge in [0.1, 0.15) is 11.4 Å². The van der Waals surface area contributed by atoms with E-state index in [4.69, 9.17) is 14.7 Å². The summed E-state index contributed by atoms with van der Waals surface area (Å²) in [6, 6.07) is 20.6. The van der Waals surface area contributed by atoms with Crippen molar-refractivity contribution in [1.29, 1.82) is 0 Å². The molecule has 1 aromatic heterocycles. The van der Waals surface area contributed by atoms with Crippen molar-refractivity contribution in [3.05, 3.63) is 78.0 Å². The lowest BCUT2D eigenvalue weighted by atomic mass is 10.00. The molecule has 0 bridgehead atoms. The fourth-order valence-electron chi connectivity index (χ4n) is 3.78. The Bertz CT molecular complexity index is 1040. The van der Waals surface area contributed by atoms with Gasteiger partial charge in [0.05, 0.1) is 18.0 Å². The van der Waals surface area contributed by atoms with Crippen LogP contribution in [0.15, 0.2) is 71.9 Å². The van der Waals surface area contributed by atoms with Gasteiger partial charge >= 0.3 is 0 Å². The molecule has 154 valence electrons. The number of fused-ring (bicyclic) bond motifs is 2. The summed E-state index contributed by atoms with van der Waals surface area (Å²) in [5.41, 5.74) is 5.11. The van der Waals surface area contributed by atoms with Gasteiger partial charge in [-0.15, -0.1) is 0 Å². The second kappa shape index (κ2) is 9.09. The van der Waals surface area contributed by atoms with Gasteiger partial charge in [0.2, 0.25) is 0 Å². The van der Waals surface area contributed by atoms with E-state index in [1.165, 1.54) is 0 Å². The number of hydrogen-bond acceptors (Lipinski definition) is 5. The first-order chi connectivity index (χ1) is 14.7. The van der Waals surface area contributed by atoms with Crippen LogP contribution in [0.2, 0.25) is 0 Å². The number of anilines is 2.